The highest BCUT2D eigenvalue weighted by Crippen LogP contribution is 2.50. The Morgan fingerprint density at radius 1 is 0.397 bits per heavy atom. The van der Waals surface area contributed by atoms with Crippen LogP contribution < -0.4 is 71.0 Å². The van der Waals surface area contributed by atoms with Gasteiger partial charge in [-0.1, -0.05) is 107 Å². The van der Waals surface area contributed by atoms with Crippen molar-refractivity contribution in [2.24, 2.45) is 0 Å². The van der Waals surface area contributed by atoms with E-state index in [-0.39, 0.29) is 5.41 Å². The Morgan fingerprint density at radius 3 is 1.38 bits per heavy atom. The number of rotatable bonds is 4. The first-order valence-electron chi connectivity index (χ1n) is 22.8. The second-order valence-electron chi connectivity index (χ2n) is 19.5. The lowest BCUT2D eigenvalue weighted by Gasteiger charge is -2.29. The summed E-state index contributed by atoms with van der Waals surface area (Å²) >= 11 is 0. The molecule has 0 spiro atoms. The molecule has 0 saturated heterocycles. The zero-order chi connectivity index (χ0) is 44.7. The molecule has 0 atom stereocenters. The molecule has 0 N–H and O–H groups in total. The first kappa shape index (κ1) is 41.6. The molecule has 2 nitrogen and oxygen atoms in total. The van der Waals surface area contributed by atoms with E-state index >= 15 is 0 Å². The summed E-state index contributed by atoms with van der Waals surface area (Å²) in [4.78, 5) is 5.38. The zero-order valence-electron chi connectivity index (χ0n) is 40.1. The quantitative estimate of drug-likeness (QED) is 0.128. The molecule has 8 aromatic carbocycles. The Bertz CT molecular complexity index is 3410. The van der Waals surface area contributed by atoms with E-state index in [0.29, 0.717) is 0 Å². The monoisotopic (exact) mass is 794 g/mol. The molecule has 288 valence electrons. The highest BCUT2D eigenvalue weighted by atomic mass is 15.1. The molecule has 0 aliphatic heterocycles. The van der Waals surface area contributed by atoms with Crippen LogP contribution in [-0.2, 0) is 5.41 Å². The predicted molar refractivity (Wildman–Crippen MR) is 316 cm³/mol. The van der Waals surface area contributed by atoms with Crippen molar-refractivity contribution in [1.29, 1.82) is 0 Å². The molecule has 0 radical (unpaired) electrons. The fourth-order valence-corrected chi connectivity index (χ4v) is 11.6. The molecule has 63 heavy (non-hydrogen) atoms. The number of para-hydroxylation sites is 2. The molecule has 1 aromatic heterocycles. The van der Waals surface area contributed by atoms with Crippen molar-refractivity contribution in [2.75, 3.05) is 0 Å². The summed E-state index contributed by atoms with van der Waals surface area (Å²) in [6.07, 6.45) is 0. The number of aromatic nitrogens is 2. The number of hydrogen-bond acceptors (Lipinski definition) is 1. The fourth-order valence-electron chi connectivity index (χ4n) is 11.6. The van der Waals surface area contributed by atoms with Crippen molar-refractivity contribution in [1.82, 2.24) is 9.55 Å². The highest BCUT2D eigenvalue weighted by molar-refractivity contribution is 6.72. The molecular formula is C48H47B13N2. The van der Waals surface area contributed by atoms with Gasteiger partial charge in [0.25, 0.3) is 0 Å². The largest absolute Gasteiger partial charge is 0.292 e. The van der Waals surface area contributed by atoms with Crippen molar-refractivity contribution in [2.45, 2.75) is 19.3 Å². The number of fused-ring (bicyclic) bond motifs is 6. The molecule has 0 fully saturated rings. The molecule has 1 aliphatic rings. The first-order chi connectivity index (χ1) is 30.0. The number of benzene rings is 8. The SMILES string of the molecule is Bc1c(B)c(B)c(-c2nc3ccccc3n2-c2ccc(-c3c4c(B)c(B)c(B)c(B)c4c(-c4ccc5c(c4)C(C)(C)c4ccccc4-5)c4c(B)c(B)c(B)c(B)c34)cc2)c(B)c1B. The van der Waals surface area contributed by atoms with E-state index in [1.807, 2.05) is 0 Å². The van der Waals surface area contributed by atoms with Crippen LogP contribution in [0.2, 0.25) is 0 Å². The molecule has 15 heteroatoms. The third-order valence-electron chi connectivity index (χ3n) is 16.4. The van der Waals surface area contributed by atoms with Gasteiger partial charge in [0.1, 0.15) is 108 Å². The summed E-state index contributed by atoms with van der Waals surface area (Å²) in [6, 6.07) is 34.4. The fraction of sp³-hybridized carbons (Fsp3) is 0.0625. The first-order valence-corrected chi connectivity index (χ1v) is 22.8. The van der Waals surface area contributed by atoms with E-state index in [1.165, 1.54) is 143 Å². The van der Waals surface area contributed by atoms with E-state index in [2.05, 4.69) is 211 Å². The van der Waals surface area contributed by atoms with Gasteiger partial charge in [-0.15, -0.1) is 38.2 Å². The smallest absolute Gasteiger partial charge is 0.144 e. The average molecular weight is 792 g/mol. The van der Waals surface area contributed by atoms with Crippen LogP contribution in [0.4, 0.5) is 0 Å². The minimum atomic E-state index is -0.0981. The Labute approximate surface area is 384 Å². The van der Waals surface area contributed by atoms with Gasteiger partial charge in [0.2, 0.25) is 0 Å². The van der Waals surface area contributed by atoms with Crippen LogP contribution in [0.3, 0.4) is 0 Å². The van der Waals surface area contributed by atoms with Gasteiger partial charge in [-0.2, -0.15) is 0 Å². The maximum atomic E-state index is 5.38. The molecule has 0 saturated carbocycles. The lowest BCUT2D eigenvalue weighted by atomic mass is 9.59. The Kier molecular flexibility index (Phi) is 9.62. The number of hydrogen-bond donors (Lipinski definition) is 0. The second kappa shape index (κ2) is 14.6. The van der Waals surface area contributed by atoms with E-state index in [1.54, 1.807) is 0 Å². The maximum absolute atomic E-state index is 5.38. The topological polar surface area (TPSA) is 17.8 Å². The highest BCUT2D eigenvalue weighted by Gasteiger charge is 2.36. The Morgan fingerprint density at radius 2 is 0.825 bits per heavy atom. The van der Waals surface area contributed by atoms with Gasteiger partial charge in [-0.05, 0) is 96.4 Å². The summed E-state index contributed by atoms with van der Waals surface area (Å²) < 4.78 is 2.39. The molecule has 0 amide bonds. The normalized spacial score (nSPS) is 12.9. The minimum Gasteiger partial charge on any atom is -0.292 e. The van der Waals surface area contributed by atoms with Crippen molar-refractivity contribution >= 4 is 206 Å². The molecule has 1 aliphatic carbocycles. The van der Waals surface area contributed by atoms with Crippen LogP contribution in [0.5, 0.6) is 0 Å². The molecule has 1 heterocycles. The van der Waals surface area contributed by atoms with Gasteiger partial charge in [-0.3, -0.25) is 4.57 Å². The van der Waals surface area contributed by atoms with Crippen molar-refractivity contribution in [3.05, 3.63) is 102 Å². The Balaban J connectivity index is 1.29. The van der Waals surface area contributed by atoms with Crippen LogP contribution in [0, 0.1) is 0 Å². The van der Waals surface area contributed by atoms with Crippen molar-refractivity contribution in [3.8, 4) is 50.5 Å². The van der Waals surface area contributed by atoms with Crippen LogP contribution in [-0.4, -0.2) is 112 Å². The Hall–Kier alpha value is -5.41. The van der Waals surface area contributed by atoms with Gasteiger partial charge < -0.3 is 0 Å². The summed E-state index contributed by atoms with van der Waals surface area (Å²) in [7, 11) is 30.1. The van der Waals surface area contributed by atoms with Gasteiger partial charge in [-0.25, -0.2) is 4.98 Å². The molecule has 0 bridgehead atoms. The molecule has 10 rings (SSSR count). The van der Waals surface area contributed by atoms with Crippen LogP contribution >= 0.6 is 0 Å². The lowest BCUT2D eigenvalue weighted by Crippen LogP contribution is -2.55. The van der Waals surface area contributed by atoms with E-state index in [0.717, 1.165) is 22.5 Å². The number of imidazole rings is 1. The van der Waals surface area contributed by atoms with E-state index in [9.17, 15) is 0 Å². The van der Waals surface area contributed by atoms with Gasteiger partial charge >= 0.3 is 0 Å². The van der Waals surface area contributed by atoms with Crippen LogP contribution in [0.25, 0.3) is 83.0 Å². The van der Waals surface area contributed by atoms with E-state index in [4.69, 9.17) is 4.98 Å². The number of nitrogens with zero attached hydrogens (tertiary/aromatic N) is 2. The van der Waals surface area contributed by atoms with Gasteiger partial charge in [0.15, 0.2) is 0 Å². The van der Waals surface area contributed by atoms with Crippen LogP contribution in [0.1, 0.15) is 25.0 Å². The standard InChI is InChI=1S/C48H47B13N2/c1-48(2)23-8-4-3-7-21(23)22-16-13-19(17-24(22)48)28-31-29(34(49)40(55)42(57)36(31)51)27(30-32(28)37(52)43(58)41(56)35(30)50)18-11-14-20(15-12-18)63-26-10-6-5-9-25(26)62-47(63)33-38(53)44(59)46(61)45(60)39(33)54/h3-17H,49-61H2,1-2H3. The summed E-state index contributed by atoms with van der Waals surface area (Å²) in [5.41, 5.74) is 32.7. The van der Waals surface area contributed by atoms with Crippen molar-refractivity contribution in [3.63, 3.8) is 0 Å². The molecule has 0 unspecified atom stereocenters. The molecule has 9 aromatic rings. The lowest BCUT2D eigenvalue weighted by molar-refractivity contribution is 0.660. The summed E-state index contributed by atoms with van der Waals surface area (Å²) in [6.45, 7) is 4.80. The molecular weight excluding hydrogens is 745 g/mol. The predicted octanol–water partition coefficient (Wildman–Crippen LogP) is -10.0. The zero-order valence-corrected chi connectivity index (χ0v) is 40.1. The average Bonchev–Trinajstić information content (AvgIpc) is 3.78. The van der Waals surface area contributed by atoms with Crippen LogP contribution in [0.15, 0.2) is 91.0 Å². The van der Waals surface area contributed by atoms with E-state index < -0.39 is 0 Å². The summed E-state index contributed by atoms with van der Waals surface area (Å²) in [5.74, 6) is 1.00. The van der Waals surface area contributed by atoms with Gasteiger partial charge in [0.05, 0.1) is 11.0 Å². The third kappa shape index (κ3) is 5.73. The second-order valence-corrected chi connectivity index (χ2v) is 19.5. The van der Waals surface area contributed by atoms with Crippen molar-refractivity contribution < 1.29 is 0 Å². The maximum Gasteiger partial charge on any atom is 0.144 e. The third-order valence-corrected chi connectivity index (χ3v) is 16.4. The minimum absolute atomic E-state index is 0.0981. The van der Waals surface area contributed by atoms with Gasteiger partial charge in [0, 0.05) is 16.7 Å². The summed E-state index contributed by atoms with van der Waals surface area (Å²) in [5, 5.41) is 5.48.